The van der Waals surface area contributed by atoms with Crippen LogP contribution in [0.1, 0.15) is 46.9 Å². The van der Waals surface area contributed by atoms with Crippen molar-refractivity contribution in [2.45, 2.75) is 44.8 Å². The highest BCUT2D eigenvalue weighted by Gasteiger charge is 2.22. The number of anilines is 1. The van der Waals surface area contributed by atoms with E-state index in [4.69, 9.17) is 24.2 Å². The summed E-state index contributed by atoms with van der Waals surface area (Å²) in [6.45, 7) is 5.16. The van der Waals surface area contributed by atoms with E-state index in [1.165, 1.54) is 7.11 Å². The summed E-state index contributed by atoms with van der Waals surface area (Å²) in [6, 6.07) is 15.9. The first-order valence-electron chi connectivity index (χ1n) is 11.6. The smallest absolute Gasteiger partial charge is 0.342 e. The minimum atomic E-state index is -0.412. The van der Waals surface area contributed by atoms with Crippen LogP contribution in [-0.4, -0.2) is 43.0 Å². The van der Waals surface area contributed by atoms with Crippen LogP contribution in [0.3, 0.4) is 0 Å². The Morgan fingerprint density at radius 3 is 1.89 bits per heavy atom. The standard InChI is InChI=1S/C27H33N3O4S/c1-6-7-16-35-25-24(26(31)34-5)19(2)28-27(29-25)30(17-20-8-12-22(32-3)13-9-20)18-21-10-14-23(33-4)15-11-21/h8-15H,6-7,16-18H2,1-5H3. The van der Waals surface area contributed by atoms with Crippen molar-refractivity contribution in [2.75, 3.05) is 32.0 Å². The lowest BCUT2D eigenvalue weighted by atomic mass is 10.1. The minimum absolute atomic E-state index is 0.412. The average Bonchev–Trinajstić information content (AvgIpc) is 2.88. The van der Waals surface area contributed by atoms with Crippen molar-refractivity contribution < 1.29 is 19.0 Å². The van der Waals surface area contributed by atoms with Crippen molar-refractivity contribution in [1.82, 2.24) is 9.97 Å². The fraction of sp³-hybridized carbons (Fsp3) is 0.370. The molecule has 0 radical (unpaired) electrons. The number of hydrogen-bond donors (Lipinski definition) is 0. The van der Waals surface area contributed by atoms with Crippen LogP contribution < -0.4 is 14.4 Å². The average molecular weight is 496 g/mol. The monoisotopic (exact) mass is 495 g/mol. The topological polar surface area (TPSA) is 73.8 Å². The third-order valence-corrected chi connectivity index (χ3v) is 6.58. The highest BCUT2D eigenvalue weighted by Crippen LogP contribution is 2.28. The number of rotatable bonds is 12. The Morgan fingerprint density at radius 2 is 1.43 bits per heavy atom. The maximum absolute atomic E-state index is 12.5. The molecule has 0 bridgehead atoms. The van der Waals surface area contributed by atoms with Crippen LogP contribution in [0.4, 0.5) is 5.95 Å². The van der Waals surface area contributed by atoms with Gasteiger partial charge >= 0.3 is 5.97 Å². The molecule has 0 aliphatic heterocycles. The fourth-order valence-corrected chi connectivity index (χ4v) is 4.68. The molecular formula is C27H33N3O4S. The van der Waals surface area contributed by atoms with Gasteiger partial charge in [-0.1, -0.05) is 37.6 Å². The van der Waals surface area contributed by atoms with Crippen LogP contribution in [0.15, 0.2) is 53.6 Å². The Bertz CT molecular complexity index is 1060. The van der Waals surface area contributed by atoms with Crippen molar-refractivity contribution in [3.8, 4) is 11.5 Å². The van der Waals surface area contributed by atoms with Gasteiger partial charge in [0.15, 0.2) is 0 Å². The summed E-state index contributed by atoms with van der Waals surface area (Å²) in [6.07, 6.45) is 2.10. The van der Waals surface area contributed by atoms with Crippen LogP contribution in [-0.2, 0) is 17.8 Å². The molecule has 0 unspecified atom stereocenters. The highest BCUT2D eigenvalue weighted by atomic mass is 32.2. The Labute approximate surface area is 211 Å². The zero-order valence-corrected chi connectivity index (χ0v) is 21.9. The summed E-state index contributed by atoms with van der Waals surface area (Å²) in [5, 5.41) is 0.655. The lowest BCUT2D eigenvalue weighted by Gasteiger charge is -2.25. The maximum Gasteiger partial charge on any atom is 0.342 e. The molecule has 0 spiro atoms. The van der Waals surface area contributed by atoms with Gasteiger partial charge in [-0.3, -0.25) is 0 Å². The molecule has 0 fully saturated rings. The third kappa shape index (κ3) is 7.11. The van der Waals surface area contributed by atoms with E-state index in [1.807, 2.05) is 55.5 Å². The number of benzene rings is 2. The Balaban J connectivity index is 2.00. The van der Waals surface area contributed by atoms with Gasteiger partial charge in [-0.25, -0.2) is 14.8 Å². The molecule has 0 amide bonds. The Hall–Kier alpha value is -3.26. The van der Waals surface area contributed by atoms with E-state index in [9.17, 15) is 4.79 Å². The molecule has 7 nitrogen and oxygen atoms in total. The number of thioether (sulfide) groups is 1. The predicted molar refractivity (Wildman–Crippen MR) is 140 cm³/mol. The highest BCUT2D eigenvalue weighted by molar-refractivity contribution is 7.99. The number of nitrogens with zero attached hydrogens (tertiary/aromatic N) is 3. The number of hydrogen-bond acceptors (Lipinski definition) is 8. The van der Waals surface area contributed by atoms with Gasteiger partial charge in [-0.2, -0.15) is 0 Å². The van der Waals surface area contributed by atoms with Gasteiger partial charge in [-0.15, -0.1) is 11.8 Å². The second-order valence-corrected chi connectivity index (χ2v) is 9.12. The summed E-state index contributed by atoms with van der Waals surface area (Å²) in [7, 11) is 4.69. The molecule has 3 rings (SSSR count). The van der Waals surface area contributed by atoms with E-state index < -0.39 is 5.97 Å². The largest absolute Gasteiger partial charge is 0.497 e. The Kier molecular flexibility index (Phi) is 9.78. The number of carbonyl (C=O) groups excluding carboxylic acids is 1. The predicted octanol–water partition coefficient (Wildman–Crippen LogP) is 5.69. The van der Waals surface area contributed by atoms with Gasteiger partial charge in [-0.05, 0) is 54.5 Å². The SMILES string of the molecule is CCCCSc1nc(N(Cc2ccc(OC)cc2)Cc2ccc(OC)cc2)nc(C)c1C(=O)OC. The molecule has 3 aromatic rings. The van der Waals surface area contributed by atoms with Crippen molar-refractivity contribution in [2.24, 2.45) is 0 Å². The number of aryl methyl sites for hydroxylation is 1. The number of carbonyl (C=O) groups is 1. The number of aromatic nitrogens is 2. The molecule has 0 atom stereocenters. The van der Waals surface area contributed by atoms with Crippen LogP contribution in [0, 0.1) is 6.92 Å². The summed E-state index contributed by atoms with van der Waals surface area (Å²) < 4.78 is 15.6. The van der Waals surface area contributed by atoms with Crippen LogP contribution in [0.2, 0.25) is 0 Å². The molecule has 1 aromatic heterocycles. The second-order valence-electron chi connectivity index (χ2n) is 8.03. The fourth-order valence-electron chi connectivity index (χ4n) is 3.53. The first kappa shape index (κ1) is 26.3. The molecule has 0 aliphatic rings. The molecule has 0 N–H and O–H groups in total. The molecule has 186 valence electrons. The second kappa shape index (κ2) is 13.0. The van der Waals surface area contributed by atoms with E-state index in [-0.39, 0.29) is 0 Å². The summed E-state index contributed by atoms with van der Waals surface area (Å²) in [5.74, 6) is 2.64. The van der Waals surface area contributed by atoms with Crippen LogP contribution in [0.25, 0.3) is 0 Å². The van der Waals surface area contributed by atoms with Gasteiger partial charge in [0.1, 0.15) is 22.1 Å². The molecule has 0 saturated carbocycles. The lowest BCUT2D eigenvalue weighted by molar-refractivity contribution is 0.0594. The van der Waals surface area contributed by atoms with Crippen LogP contribution >= 0.6 is 11.8 Å². The van der Waals surface area contributed by atoms with Crippen molar-refractivity contribution in [1.29, 1.82) is 0 Å². The summed E-state index contributed by atoms with van der Waals surface area (Å²) in [5.41, 5.74) is 3.23. The quantitative estimate of drug-likeness (QED) is 0.137. The van der Waals surface area contributed by atoms with E-state index in [1.54, 1.807) is 26.0 Å². The first-order chi connectivity index (χ1) is 17.0. The van der Waals surface area contributed by atoms with Gasteiger partial charge in [0.2, 0.25) is 5.95 Å². The van der Waals surface area contributed by atoms with Gasteiger partial charge in [0.25, 0.3) is 0 Å². The molecule has 0 aliphatic carbocycles. The number of unbranched alkanes of at least 4 members (excludes halogenated alkanes) is 1. The number of methoxy groups -OCH3 is 3. The molecular weight excluding hydrogens is 462 g/mol. The number of esters is 1. The molecule has 35 heavy (non-hydrogen) atoms. The van der Waals surface area contributed by atoms with E-state index in [0.717, 1.165) is 41.2 Å². The van der Waals surface area contributed by atoms with E-state index in [2.05, 4.69) is 11.8 Å². The molecule has 0 saturated heterocycles. The van der Waals surface area contributed by atoms with Crippen molar-refractivity contribution >= 4 is 23.7 Å². The molecule has 1 heterocycles. The minimum Gasteiger partial charge on any atom is -0.497 e. The summed E-state index contributed by atoms with van der Waals surface area (Å²) >= 11 is 1.57. The summed E-state index contributed by atoms with van der Waals surface area (Å²) in [4.78, 5) is 24.2. The van der Waals surface area contributed by atoms with Crippen molar-refractivity contribution in [3.05, 3.63) is 70.9 Å². The first-order valence-corrected chi connectivity index (χ1v) is 12.6. The third-order valence-electron chi connectivity index (χ3n) is 5.52. The molecule has 8 heteroatoms. The number of ether oxygens (including phenoxy) is 3. The van der Waals surface area contributed by atoms with Gasteiger partial charge in [0.05, 0.1) is 27.0 Å². The van der Waals surface area contributed by atoms with Gasteiger partial charge < -0.3 is 19.1 Å². The van der Waals surface area contributed by atoms with Gasteiger partial charge in [0, 0.05) is 13.1 Å². The zero-order chi connectivity index (χ0) is 25.2. The zero-order valence-electron chi connectivity index (χ0n) is 21.0. The normalized spacial score (nSPS) is 10.7. The molecule has 2 aromatic carbocycles. The lowest BCUT2D eigenvalue weighted by Crippen LogP contribution is -2.25. The van der Waals surface area contributed by atoms with E-state index in [0.29, 0.717) is 35.3 Å². The van der Waals surface area contributed by atoms with Crippen LogP contribution in [0.5, 0.6) is 11.5 Å². The Morgan fingerprint density at radius 1 is 0.886 bits per heavy atom. The maximum atomic E-state index is 12.5. The van der Waals surface area contributed by atoms with Crippen molar-refractivity contribution in [3.63, 3.8) is 0 Å². The van der Waals surface area contributed by atoms with E-state index >= 15 is 0 Å².